The largest absolute Gasteiger partial charge is 0.325 e. The number of benzene rings is 1. The lowest BCUT2D eigenvalue weighted by Crippen LogP contribution is -2.52. The van der Waals surface area contributed by atoms with Crippen LogP contribution in [0.4, 0.5) is 4.39 Å². The highest BCUT2D eigenvalue weighted by atomic mass is 35.5. The van der Waals surface area contributed by atoms with Gasteiger partial charge in [-0.2, -0.15) is 0 Å². The van der Waals surface area contributed by atoms with Crippen molar-refractivity contribution in [1.29, 1.82) is 0 Å². The summed E-state index contributed by atoms with van der Waals surface area (Å²) in [5.74, 6) is 0.940. The van der Waals surface area contributed by atoms with Crippen LogP contribution in [0.2, 0.25) is 0 Å². The van der Waals surface area contributed by atoms with E-state index in [1.807, 2.05) is 6.07 Å². The van der Waals surface area contributed by atoms with Gasteiger partial charge in [0.1, 0.15) is 5.82 Å². The van der Waals surface area contributed by atoms with Crippen molar-refractivity contribution in [2.75, 3.05) is 0 Å². The normalized spacial score (nSPS) is 42.5. The van der Waals surface area contributed by atoms with Gasteiger partial charge in [0, 0.05) is 5.54 Å². The van der Waals surface area contributed by atoms with Crippen LogP contribution in [0.5, 0.6) is 0 Å². The summed E-state index contributed by atoms with van der Waals surface area (Å²) in [6, 6.07) is 5.41. The van der Waals surface area contributed by atoms with Crippen LogP contribution in [-0.2, 0) is 0 Å². The van der Waals surface area contributed by atoms with Crippen molar-refractivity contribution in [3.8, 4) is 0 Å². The van der Waals surface area contributed by atoms with Crippen molar-refractivity contribution in [2.24, 2.45) is 11.1 Å². The Balaban J connectivity index is 0.00000110. The summed E-state index contributed by atoms with van der Waals surface area (Å²) in [6.07, 6.45) is 5.73. The smallest absolute Gasteiger partial charge is 0.123 e. The summed E-state index contributed by atoms with van der Waals surface area (Å²) < 4.78 is 13.6. The maximum atomic E-state index is 13.6. The van der Waals surface area contributed by atoms with Gasteiger partial charge < -0.3 is 5.73 Å². The van der Waals surface area contributed by atoms with E-state index in [-0.39, 0.29) is 23.8 Å². The molecule has 4 bridgehead atoms. The lowest BCUT2D eigenvalue weighted by atomic mass is 9.56. The molecule has 5 rings (SSSR count). The second kappa shape index (κ2) is 3.95. The van der Waals surface area contributed by atoms with Crippen LogP contribution in [0.3, 0.4) is 0 Å². The van der Waals surface area contributed by atoms with Gasteiger partial charge in [0.25, 0.3) is 0 Å². The van der Waals surface area contributed by atoms with E-state index in [0.717, 1.165) is 19.3 Å². The maximum absolute atomic E-state index is 13.6. The SMILES string of the molecule is CC12CC3CC(N)(CC(C1)c1cc(F)ccc13)C2.Cl. The first kappa shape index (κ1) is 13.4. The molecule has 0 saturated heterocycles. The highest BCUT2D eigenvalue weighted by Gasteiger charge is 2.53. The molecule has 2 fully saturated rings. The third kappa shape index (κ3) is 1.92. The summed E-state index contributed by atoms with van der Waals surface area (Å²) in [7, 11) is 0. The van der Waals surface area contributed by atoms with Crippen LogP contribution in [0.1, 0.15) is 62.0 Å². The molecule has 0 amide bonds. The van der Waals surface area contributed by atoms with Crippen molar-refractivity contribution in [2.45, 2.75) is 56.4 Å². The van der Waals surface area contributed by atoms with Gasteiger partial charge in [0.2, 0.25) is 0 Å². The molecule has 4 aliphatic rings. The molecule has 19 heavy (non-hydrogen) atoms. The van der Waals surface area contributed by atoms with Gasteiger partial charge in [-0.05, 0) is 72.6 Å². The molecule has 4 atom stereocenters. The predicted molar refractivity (Wildman–Crippen MR) is 77.2 cm³/mol. The van der Waals surface area contributed by atoms with Crippen molar-refractivity contribution in [1.82, 2.24) is 0 Å². The lowest BCUT2D eigenvalue weighted by molar-refractivity contribution is 0.0544. The van der Waals surface area contributed by atoms with E-state index in [9.17, 15) is 4.39 Å². The Kier molecular flexibility index (Phi) is 2.79. The zero-order valence-electron chi connectivity index (χ0n) is 11.3. The first-order chi connectivity index (χ1) is 8.46. The third-order valence-corrected chi connectivity index (χ3v) is 5.49. The molecule has 1 aromatic rings. The average Bonchev–Trinajstić information content (AvgIpc) is 2.36. The highest BCUT2D eigenvalue weighted by molar-refractivity contribution is 5.85. The monoisotopic (exact) mass is 281 g/mol. The van der Waals surface area contributed by atoms with Gasteiger partial charge in [0.05, 0.1) is 0 Å². The number of rotatable bonds is 0. The quantitative estimate of drug-likeness (QED) is 0.761. The summed E-state index contributed by atoms with van der Waals surface area (Å²) in [4.78, 5) is 0. The van der Waals surface area contributed by atoms with Gasteiger partial charge in [-0.3, -0.25) is 0 Å². The Morgan fingerprint density at radius 1 is 1.11 bits per heavy atom. The fraction of sp³-hybridized carbons (Fsp3) is 0.625. The average molecular weight is 282 g/mol. The molecule has 1 aromatic carbocycles. The van der Waals surface area contributed by atoms with Gasteiger partial charge >= 0.3 is 0 Å². The molecule has 3 heteroatoms. The van der Waals surface area contributed by atoms with Crippen LogP contribution in [0.25, 0.3) is 0 Å². The van der Waals surface area contributed by atoms with Gasteiger partial charge in [-0.1, -0.05) is 13.0 Å². The van der Waals surface area contributed by atoms with Gasteiger partial charge in [0.15, 0.2) is 0 Å². The number of hydrogen-bond donors (Lipinski definition) is 1. The minimum Gasteiger partial charge on any atom is -0.325 e. The molecule has 0 spiro atoms. The van der Waals surface area contributed by atoms with Crippen LogP contribution < -0.4 is 5.73 Å². The zero-order chi connectivity index (χ0) is 12.5. The standard InChI is InChI=1S/C16H20FN.ClH/c1-15-5-10-7-16(18,9-15)8-11(6-15)14-4-12(17)2-3-13(10)14;/h2-4,10-11H,5-9,18H2,1H3;1H. The van der Waals surface area contributed by atoms with Crippen LogP contribution in [-0.4, -0.2) is 5.54 Å². The molecule has 0 radical (unpaired) electrons. The molecule has 2 N–H and O–H groups in total. The molecular formula is C16H21ClFN. The lowest BCUT2D eigenvalue weighted by Gasteiger charge is -2.52. The first-order valence-electron chi connectivity index (χ1n) is 7.05. The third-order valence-electron chi connectivity index (χ3n) is 5.49. The minimum atomic E-state index is -0.0915. The topological polar surface area (TPSA) is 26.0 Å². The molecule has 104 valence electrons. The second-order valence-electron chi connectivity index (χ2n) is 7.33. The van der Waals surface area contributed by atoms with E-state index in [4.69, 9.17) is 5.73 Å². The van der Waals surface area contributed by atoms with Crippen molar-refractivity contribution < 1.29 is 4.39 Å². The Bertz CT molecular complexity index is 511. The van der Waals surface area contributed by atoms with Crippen LogP contribution in [0.15, 0.2) is 18.2 Å². The summed E-state index contributed by atoms with van der Waals surface area (Å²) >= 11 is 0. The minimum absolute atomic E-state index is 0. The Labute approximate surface area is 120 Å². The second-order valence-corrected chi connectivity index (χ2v) is 7.33. The Morgan fingerprint density at radius 3 is 2.37 bits per heavy atom. The summed E-state index contributed by atoms with van der Waals surface area (Å²) in [6.45, 7) is 2.38. The van der Waals surface area contributed by atoms with E-state index in [0.29, 0.717) is 17.3 Å². The molecule has 0 aromatic heterocycles. The maximum Gasteiger partial charge on any atom is 0.123 e. The summed E-state index contributed by atoms with van der Waals surface area (Å²) in [5.41, 5.74) is 9.64. The fourth-order valence-corrected chi connectivity index (χ4v) is 5.33. The first-order valence-corrected chi connectivity index (χ1v) is 7.05. The molecule has 4 aliphatic carbocycles. The van der Waals surface area contributed by atoms with Crippen molar-refractivity contribution in [3.05, 3.63) is 35.1 Å². The fourth-order valence-electron chi connectivity index (χ4n) is 5.33. The van der Waals surface area contributed by atoms with Crippen LogP contribution >= 0.6 is 12.4 Å². The van der Waals surface area contributed by atoms with E-state index in [2.05, 4.69) is 6.92 Å². The predicted octanol–water partition coefficient (Wildman–Crippen LogP) is 4.11. The summed E-state index contributed by atoms with van der Waals surface area (Å²) in [5, 5.41) is 0. The Hall–Kier alpha value is -0.600. The molecule has 0 heterocycles. The van der Waals surface area contributed by atoms with Gasteiger partial charge in [-0.15, -0.1) is 12.4 Å². The molecule has 0 aliphatic heterocycles. The molecule has 2 saturated carbocycles. The molecular weight excluding hydrogens is 261 g/mol. The van der Waals surface area contributed by atoms with E-state index < -0.39 is 0 Å². The van der Waals surface area contributed by atoms with E-state index >= 15 is 0 Å². The van der Waals surface area contributed by atoms with E-state index in [1.165, 1.54) is 24.0 Å². The van der Waals surface area contributed by atoms with Crippen LogP contribution in [0, 0.1) is 11.2 Å². The van der Waals surface area contributed by atoms with E-state index in [1.54, 1.807) is 12.1 Å². The Morgan fingerprint density at radius 2 is 1.74 bits per heavy atom. The number of hydrogen-bond acceptors (Lipinski definition) is 1. The van der Waals surface area contributed by atoms with Crippen molar-refractivity contribution in [3.63, 3.8) is 0 Å². The molecule has 1 nitrogen and oxygen atoms in total. The van der Waals surface area contributed by atoms with Crippen molar-refractivity contribution >= 4 is 12.4 Å². The van der Waals surface area contributed by atoms with Gasteiger partial charge in [-0.25, -0.2) is 4.39 Å². The highest BCUT2D eigenvalue weighted by Crippen LogP contribution is 2.62. The molecule has 4 unspecified atom stereocenters. The number of halogens is 2. The number of nitrogens with two attached hydrogens (primary N) is 1. The zero-order valence-corrected chi connectivity index (χ0v) is 12.1.